The zero-order valence-corrected chi connectivity index (χ0v) is 11.2. The van der Waals surface area contributed by atoms with Gasteiger partial charge in [0.05, 0.1) is 11.1 Å². The number of carbonyl (C=O) groups is 1. The highest BCUT2D eigenvalue weighted by Gasteiger charge is 2.31. The summed E-state index contributed by atoms with van der Waals surface area (Å²) in [7, 11) is 0. The van der Waals surface area contributed by atoms with Crippen molar-refractivity contribution in [3.05, 3.63) is 65.5 Å². The van der Waals surface area contributed by atoms with Gasteiger partial charge in [0.2, 0.25) is 0 Å². The third-order valence-corrected chi connectivity index (χ3v) is 3.38. The van der Waals surface area contributed by atoms with Gasteiger partial charge in [-0.15, -0.1) is 0 Å². The number of hydrogen-bond acceptors (Lipinski definition) is 3. The molecule has 0 saturated heterocycles. The fraction of sp³-hybridized carbons (Fsp3) is 0.125. The molecule has 2 aromatic rings. The van der Waals surface area contributed by atoms with Gasteiger partial charge in [0, 0.05) is 18.0 Å². The van der Waals surface area contributed by atoms with Crippen LogP contribution in [0, 0.1) is 0 Å². The number of benzene rings is 1. The Balaban J connectivity index is 2.05. The van der Waals surface area contributed by atoms with Crippen LogP contribution in [-0.4, -0.2) is 17.6 Å². The van der Waals surface area contributed by atoms with Crippen LogP contribution in [0.2, 0.25) is 0 Å². The van der Waals surface area contributed by atoms with Crippen molar-refractivity contribution in [3.63, 3.8) is 0 Å². The summed E-state index contributed by atoms with van der Waals surface area (Å²) in [4.78, 5) is 15.8. The molecule has 0 bridgehead atoms. The highest BCUT2D eigenvalue weighted by molar-refractivity contribution is 6.27. The number of halogens is 3. The molecule has 2 heterocycles. The molecule has 0 saturated carbocycles. The van der Waals surface area contributed by atoms with Gasteiger partial charge in [0.15, 0.2) is 0 Å². The van der Waals surface area contributed by atoms with Crippen molar-refractivity contribution in [2.24, 2.45) is 0 Å². The number of esters is 1. The van der Waals surface area contributed by atoms with Crippen molar-refractivity contribution in [2.75, 3.05) is 6.61 Å². The van der Waals surface area contributed by atoms with E-state index in [1.165, 1.54) is 24.5 Å². The molecule has 0 amide bonds. The largest absolute Gasteiger partial charge is 0.457 e. The molecule has 1 aromatic carbocycles. The number of rotatable bonds is 2. The first-order valence-electron chi connectivity index (χ1n) is 6.45. The topological polar surface area (TPSA) is 39.2 Å². The second kappa shape index (κ2) is 5.29. The second-order valence-corrected chi connectivity index (χ2v) is 4.74. The summed E-state index contributed by atoms with van der Waals surface area (Å²) in [5.41, 5.74) is 1.37. The molecule has 0 atom stereocenters. The summed E-state index contributed by atoms with van der Waals surface area (Å²) in [6.07, 6.45) is -1.31. The Hall–Kier alpha value is -2.63. The smallest absolute Gasteiger partial charge is 0.416 e. The summed E-state index contributed by atoms with van der Waals surface area (Å²) in [5, 5.41) is 0. The highest BCUT2D eigenvalue weighted by Crippen LogP contribution is 2.34. The quantitative estimate of drug-likeness (QED) is 0.796. The van der Waals surface area contributed by atoms with Gasteiger partial charge < -0.3 is 4.74 Å². The van der Waals surface area contributed by atoms with Crippen molar-refractivity contribution in [3.8, 4) is 0 Å². The third kappa shape index (κ3) is 2.59. The summed E-state index contributed by atoms with van der Waals surface area (Å²) < 4.78 is 42.8. The first-order valence-corrected chi connectivity index (χ1v) is 6.45. The predicted octanol–water partition coefficient (Wildman–Crippen LogP) is 3.57. The maximum atomic E-state index is 12.6. The maximum absolute atomic E-state index is 12.6. The number of nitrogens with zero attached hydrogens (tertiary/aromatic N) is 1. The average Bonchev–Trinajstić information content (AvgIpc) is 2.89. The molecule has 0 unspecified atom stereocenters. The summed E-state index contributed by atoms with van der Waals surface area (Å²) in [6, 6.07) is 8.01. The van der Waals surface area contributed by atoms with Crippen molar-refractivity contribution < 1.29 is 22.7 Å². The molecular formula is C16H10F3NO2. The minimum atomic E-state index is -4.39. The van der Waals surface area contributed by atoms with Crippen LogP contribution in [0.25, 0.3) is 11.1 Å². The molecule has 1 aliphatic rings. The van der Waals surface area contributed by atoms with E-state index in [1.807, 2.05) is 0 Å². The van der Waals surface area contributed by atoms with Crippen LogP contribution in [0.1, 0.15) is 16.7 Å². The first-order chi connectivity index (χ1) is 10.5. The first kappa shape index (κ1) is 14.3. The summed E-state index contributed by atoms with van der Waals surface area (Å²) >= 11 is 0. The molecule has 0 fully saturated rings. The Morgan fingerprint density at radius 2 is 1.59 bits per heavy atom. The van der Waals surface area contributed by atoms with Crippen LogP contribution in [0.15, 0.2) is 48.8 Å². The molecular weight excluding hydrogens is 295 g/mol. The summed E-state index contributed by atoms with van der Waals surface area (Å²) in [5.74, 6) is -0.485. The van der Waals surface area contributed by atoms with Crippen molar-refractivity contribution >= 4 is 17.1 Å². The zero-order chi connectivity index (χ0) is 15.7. The number of pyridine rings is 1. The van der Waals surface area contributed by atoms with Gasteiger partial charge in [0.25, 0.3) is 0 Å². The Morgan fingerprint density at radius 1 is 0.955 bits per heavy atom. The molecule has 1 aliphatic heterocycles. The van der Waals surface area contributed by atoms with E-state index in [0.29, 0.717) is 22.3 Å². The van der Waals surface area contributed by atoms with E-state index in [0.717, 1.165) is 12.1 Å². The number of cyclic esters (lactones) is 1. The number of carbonyl (C=O) groups excluding carboxylic acids is 1. The van der Waals surface area contributed by atoms with Gasteiger partial charge in [-0.1, -0.05) is 12.1 Å². The molecule has 0 radical (unpaired) electrons. The van der Waals surface area contributed by atoms with Crippen molar-refractivity contribution in [2.45, 2.75) is 6.18 Å². The van der Waals surface area contributed by atoms with Crippen LogP contribution in [-0.2, 0) is 15.7 Å². The Morgan fingerprint density at radius 3 is 2.18 bits per heavy atom. The van der Waals surface area contributed by atoms with Gasteiger partial charge in [-0.05, 0) is 35.4 Å². The maximum Gasteiger partial charge on any atom is 0.416 e. The third-order valence-electron chi connectivity index (χ3n) is 3.38. The lowest BCUT2D eigenvalue weighted by Gasteiger charge is -2.08. The van der Waals surface area contributed by atoms with E-state index in [2.05, 4.69) is 4.98 Å². The number of ether oxygens (including phenoxy) is 1. The Bertz CT molecular complexity index is 734. The van der Waals surface area contributed by atoms with E-state index < -0.39 is 17.7 Å². The number of aromatic nitrogens is 1. The van der Waals surface area contributed by atoms with Crippen LogP contribution < -0.4 is 0 Å². The molecule has 22 heavy (non-hydrogen) atoms. The monoisotopic (exact) mass is 305 g/mol. The van der Waals surface area contributed by atoms with E-state index in [-0.39, 0.29) is 6.61 Å². The predicted molar refractivity (Wildman–Crippen MR) is 73.5 cm³/mol. The van der Waals surface area contributed by atoms with Crippen LogP contribution in [0.5, 0.6) is 0 Å². The van der Waals surface area contributed by atoms with E-state index >= 15 is 0 Å². The fourth-order valence-electron chi connectivity index (χ4n) is 2.30. The van der Waals surface area contributed by atoms with Gasteiger partial charge >= 0.3 is 12.1 Å². The average molecular weight is 305 g/mol. The van der Waals surface area contributed by atoms with Gasteiger partial charge in [-0.2, -0.15) is 13.2 Å². The fourth-order valence-corrected chi connectivity index (χ4v) is 2.30. The lowest BCUT2D eigenvalue weighted by Crippen LogP contribution is -2.04. The molecule has 0 spiro atoms. The minimum absolute atomic E-state index is 0.0435. The molecule has 6 heteroatoms. The minimum Gasteiger partial charge on any atom is -0.457 e. The Labute approximate surface area is 124 Å². The summed E-state index contributed by atoms with van der Waals surface area (Å²) in [6.45, 7) is 0.0435. The second-order valence-electron chi connectivity index (χ2n) is 4.74. The molecule has 1 aromatic heterocycles. The molecule has 0 aliphatic carbocycles. The number of hydrogen-bond donors (Lipinski definition) is 0. The van der Waals surface area contributed by atoms with Gasteiger partial charge in [-0.3, -0.25) is 4.98 Å². The lowest BCUT2D eigenvalue weighted by atomic mass is 9.96. The van der Waals surface area contributed by atoms with Crippen molar-refractivity contribution in [1.29, 1.82) is 0 Å². The molecule has 112 valence electrons. The van der Waals surface area contributed by atoms with E-state index in [4.69, 9.17) is 4.74 Å². The highest BCUT2D eigenvalue weighted by atomic mass is 19.4. The van der Waals surface area contributed by atoms with Crippen LogP contribution in [0.3, 0.4) is 0 Å². The standard InChI is InChI=1S/C16H10F3NO2/c17-16(18,19)12-3-1-10(2-4-12)13-9-22-15(21)14(13)11-5-7-20-8-6-11/h1-8H,9H2. The SMILES string of the molecule is O=C1OCC(c2ccc(C(F)(F)F)cc2)=C1c1ccncc1. The molecule has 3 rings (SSSR count). The van der Waals surface area contributed by atoms with Gasteiger partial charge in [0.1, 0.15) is 6.61 Å². The van der Waals surface area contributed by atoms with Crippen LogP contribution >= 0.6 is 0 Å². The van der Waals surface area contributed by atoms with E-state index in [9.17, 15) is 18.0 Å². The molecule has 3 nitrogen and oxygen atoms in total. The normalized spacial score (nSPS) is 15.1. The zero-order valence-electron chi connectivity index (χ0n) is 11.2. The van der Waals surface area contributed by atoms with Crippen molar-refractivity contribution in [1.82, 2.24) is 4.98 Å². The molecule has 0 N–H and O–H groups in total. The van der Waals surface area contributed by atoms with Gasteiger partial charge in [-0.25, -0.2) is 4.79 Å². The number of alkyl halides is 3. The van der Waals surface area contributed by atoms with E-state index in [1.54, 1.807) is 12.1 Å². The van der Waals surface area contributed by atoms with Crippen LogP contribution in [0.4, 0.5) is 13.2 Å². The lowest BCUT2D eigenvalue weighted by molar-refractivity contribution is -0.137. The Kier molecular flexibility index (Phi) is 3.44.